The lowest BCUT2D eigenvalue weighted by atomic mass is 9.96. The van der Waals surface area contributed by atoms with Crippen molar-refractivity contribution in [2.75, 3.05) is 26.2 Å². The van der Waals surface area contributed by atoms with Gasteiger partial charge >= 0.3 is 0 Å². The maximum atomic E-state index is 12.6. The lowest BCUT2D eigenvalue weighted by Crippen LogP contribution is -2.46. The lowest BCUT2D eigenvalue weighted by Gasteiger charge is -2.34. The van der Waals surface area contributed by atoms with Gasteiger partial charge in [-0.15, -0.1) is 0 Å². The Bertz CT molecular complexity index is 599. The maximum Gasteiger partial charge on any atom is 0.281 e. The van der Waals surface area contributed by atoms with Crippen molar-refractivity contribution < 1.29 is 8.42 Å². The average molecular weight is 310 g/mol. The van der Waals surface area contributed by atoms with E-state index in [0.29, 0.717) is 26.2 Å². The van der Waals surface area contributed by atoms with E-state index in [1.165, 1.54) is 0 Å². The van der Waals surface area contributed by atoms with Crippen molar-refractivity contribution in [3.63, 3.8) is 0 Å². The third kappa shape index (κ3) is 3.09. The molecule has 0 amide bonds. The minimum Gasteiger partial charge on any atom is -0.261 e. The minimum atomic E-state index is -3.29. The molecule has 0 saturated carbocycles. The average Bonchev–Trinajstić information content (AvgIpc) is 3.02. The molecule has 2 fully saturated rings. The molecule has 1 aromatic rings. The smallest absolute Gasteiger partial charge is 0.261 e. The predicted molar refractivity (Wildman–Crippen MR) is 80.0 cm³/mol. The van der Waals surface area contributed by atoms with E-state index in [-0.39, 0.29) is 5.92 Å². The monoisotopic (exact) mass is 310 g/mol. The van der Waals surface area contributed by atoms with Gasteiger partial charge in [0.05, 0.1) is 11.4 Å². The summed E-state index contributed by atoms with van der Waals surface area (Å²) in [6.07, 6.45) is 7.30. The summed E-state index contributed by atoms with van der Waals surface area (Å²) in [4.78, 5) is 8.70. The molecule has 0 spiro atoms. The second-order valence-corrected chi connectivity index (χ2v) is 7.82. The van der Waals surface area contributed by atoms with E-state index in [1.807, 2.05) is 6.92 Å². The number of hydrogen-bond acceptors (Lipinski definition) is 4. The quantitative estimate of drug-likeness (QED) is 0.844. The SMILES string of the molecule is Cc1cncc(C2CCCN(S(=O)(=O)N3CCCC3)C2)n1. The van der Waals surface area contributed by atoms with E-state index in [4.69, 9.17) is 0 Å². The van der Waals surface area contributed by atoms with Crippen molar-refractivity contribution >= 4 is 10.2 Å². The maximum absolute atomic E-state index is 12.6. The predicted octanol–water partition coefficient (Wildman–Crippen LogP) is 1.31. The highest BCUT2D eigenvalue weighted by Crippen LogP contribution is 2.28. The van der Waals surface area contributed by atoms with Gasteiger partial charge in [-0.3, -0.25) is 9.97 Å². The summed E-state index contributed by atoms with van der Waals surface area (Å²) in [6, 6.07) is 0. The van der Waals surface area contributed by atoms with Gasteiger partial charge in [-0.1, -0.05) is 0 Å². The van der Waals surface area contributed by atoms with Gasteiger partial charge in [0.1, 0.15) is 0 Å². The molecule has 3 rings (SSSR count). The summed E-state index contributed by atoms with van der Waals surface area (Å²) in [5.74, 6) is 0.156. The van der Waals surface area contributed by atoms with E-state index in [0.717, 1.165) is 37.1 Å². The van der Waals surface area contributed by atoms with E-state index in [9.17, 15) is 8.42 Å². The molecule has 1 atom stereocenters. The Hall–Kier alpha value is -1.05. The van der Waals surface area contributed by atoms with Crippen molar-refractivity contribution in [3.05, 3.63) is 23.8 Å². The summed E-state index contributed by atoms with van der Waals surface area (Å²) >= 11 is 0. The lowest BCUT2D eigenvalue weighted by molar-refractivity contribution is 0.289. The molecule has 0 aliphatic carbocycles. The molecule has 7 heteroatoms. The van der Waals surface area contributed by atoms with E-state index >= 15 is 0 Å². The van der Waals surface area contributed by atoms with Gasteiger partial charge in [0.15, 0.2) is 0 Å². The first-order valence-electron chi connectivity index (χ1n) is 7.61. The number of hydrogen-bond donors (Lipinski definition) is 0. The summed E-state index contributed by atoms with van der Waals surface area (Å²) in [5.41, 5.74) is 1.79. The molecule has 2 aliphatic rings. The van der Waals surface area contributed by atoms with Crippen molar-refractivity contribution in [2.45, 2.75) is 38.5 Å². The Balaban J connectivity index is 1.76. The standard InChI is InChI=1S/C14H22N4O2S/c1-12-9-15-10-14(16-12)13-5-4-8-18(11-13)21(19,20)17-6-2-3-7-17/h9-10,13H,2-8,11H2,1H3. The Kier molecular flexibility index (Phi) is 4.24. The van der Waals surface area contributed by atoms with Crippen molar-refractivity contribution in [2.24, 2.45) is 0 Å². The van der Waals surface area contributed by atoms with Crippen LogP contribution in [0.2, 0.25) is 0 Å². The minimum absolute atomic E-state index is 0.156. The number of aryl methyl sites for hydroxylation is 1. The van der Waals surface area contributed by atoms with E-state index in [1.54, 1.807) is 21.0 Å². The van der Waals surface area contributed by atoms with Gasteiger partial charge in [0.25, 0.3) is 10.2 Å². The van der Waals surface area contributed by atoms with Gasteiger partial charge in [-0.25, -0.2) is 0 Å². The normalized spacial score (nSPS) is 25.3. The largest absolute Gasteiger partial charge is 0.281 e. The topological polar surface area (TPSA) is 66.4 Å². The van der Waals surface area contributed by atoms with Crippen LogP contribution in [0.5, 0.6) is 0 Å². The third-order valence-corrected chi connectivity index (χ3v) is 6.30. The van der Waals surface area contributed by atoms with Crippen molar-refractivity contribution in [3.8, 4) is 0 Å². The highest BCUT2D eigenvalue weighted by molar-refractivity contribution is 7.86. The molecule has 6 nitrogen and oxygen atoms in total. The van der Waals surface area contributed by atoms with Crippen LogP contribution in [-0.4, -0.2) is 53.2 Å². The van der Waals surface area contributed by atoms with Crippen LogP contribution in [0.4, 0.5) is 0 Å². The third-order valence-electron chi connectivity index (χ3n) is 4.29. The zero-order chi connectivity index (χ0) is 14.9. The zero-order valence-corrected chi connectivity index (χ0v) is 13.2. The molecular formula is C14H22N4O2S. The fourth-order valence-corrected chi connectivity index (χ4v) is 4.93. The Morgan fingerprint density at radius 2 is 1.81 bits per heavy atom. The summed E-state index contributed by atoms with van der Waals surface area (Å²) in [5, 5.41) is 0. The molecule has 21 heavy (non-hydrogen) atoms. The molecule has 1 aromatic heterocycles. The molecule has 2 aliphatic heterocycles. The van der Waals surface area contributed by atoms with Crippen LogP contribution in [0.15, 0.2) is 12.4 Å². The summed E-state index contributed by atoms with van der Waals surface area (Å²) < 4.78 is 28.6. The van der Waals surface area contributed by atoms with Gasteiger partial charge in [-0.2, -0.15) is 17.0 Å². The molecule has 3 heterocycles. The van der Waals surface area contributed by atoms with Crippen LogP contribution in [-0.2, 0) is 10.2 Å². The zero-order valence-electron chi connectivity index (χ0n) is 12.4. The van der Waals surface area contributed by atoms with Gasteiger partial charge in [0, 0.05) is 44.5 Å². The second-order valence-electron chi connectivity index (χ2n) is 5.90. The van der Waals surface area contributed by atoms with E-state index < -0.39 is 10.2 Å². The molecule has 116 valence electrons. The second kappa shape index (κ2) is 5.98. The van der Waals surface area contributed by atoms with Crippen molar-refractivity contribution in [1.82, 2.24) is 18.6 Å². The molecule has 0 aromatic carbocycles. The first-order valence-corrected chi connectivity index (χ1v) is 9.01. The van der Waals surface area contributed by atoms with Crippen LogP contribution in [0.25, 0.3) is 0 Å². The van der Waals surface area contributed by atoms with Crippen LogP contribution in [0.3, 0.4) is 0 Å². The first-order chi connectivity index (χ1) is 10.1. The van der Waals surface area contributed by atoms with E-state index in [2.05, 4.69) is 9.97 Å². The molecule has 0 bridgehead atoms. The van der Waals surface area contributed by atoms with Crippen LogP contribution >= 0.6 is 0 Å². The van der Waals surface area contributed by atoms with Gasteiger partial charge in [-0.05, 0) is 32.6 Å². The van der Waals surface area contributed by atoms with Crippen LogP contribution in [0.1, 0.15) is 43.0 Å². The molecular weight excluding hydrogens is 288 g/mol. The van der Waals surface area contributed by atoms with Crippen LogP contribution < -0.4 is 0 Å². The molecule has 0 N–H and O–H groups in total. The fourth-order valence-electron chi connectivity index (χ4n) is 3.16. The summed E-state index contributed by atoms with van der Waals surface area (Å²) in [6.45, 7) is 4.38. The Morgan fingerprint density at radius 1 is 1.10 bits per heavy atom. The molecule has 2 saturated heterocycles. The number of aromatic nitrogens is 2. The first kappa shape index (κ1) is 14.9. The van der Waals surface area contributed by atoms with Gasteiger partial charge in [0.2, 0.25) is 0 Å². The number of piperidine rings is 1. The van der Waals surface area contributed by atoms with Crippen LogP contribution in [0, 0.1) is 6.92 Å². The molecule has 1 unspecified atom stereocenters. The number of nitrogens with zero attached hydrogens (tertiary/aromatic N) is 4. The van der Waals surface area contributed by atoms with Crippen molar-refractivity contribution in [1.29, 1.82) is 0 Å². The highest BCUT2D eigenvalue weighted by Gasteiger charge is 2.35. The van der Waals surface area contributed by atoms with Gasteiger partial charge < -0.3 is 0 Å². The fraction of sp³-hybridized carbons (Fsp3) is 0.714. The molecule has 0 radical (unpaired) electrons. The Labute approximate surface area is 126 Å². The highest BCUT2D eigenvalue weighted by atomic mass is 32.2. The Morgan fingerprint density at radius 3 is 2.52 bits per heavy atom. The number of rotatable bonds is 3. The summed E-state index contributed by atoms with van der Waals surface area (Å²) in [7, 11) is -3.29.